The zero-order valence-electron chi connectivity index (χ0n) is 6.76. The molecule has 1 aliphatic rings. The number of hydrogen-bond acceptors (Lipinski definition) is 1. The highest BCUT2D eigenvalue weighted by molar-refractivity contribution is 5.47. The first-order valence-corrected chi connectivity index (χ1v) is 3.83. The highest BCUT2D eigenvalue weighted by Crippen LogP contribution is 2.27. The van der Waals surface area contributed by atoms with E-state index in [1.54, 1.807) is 0 Å². The van der Waals surface area contributed by atoms with Crippen molar-refractivity contribution in [3.05, 3.63) is 0 Å². The molecule has 2 nitrogen and oxygen atoms in total. The number of amides is 1. The van der Waals surface area contributed by atoms with Gasteiger partial charge in [0.2, 0.25) is 6.41 Å². The highest BCUT2D eigenvalue weighted by atomic mass is 16.1. The molecule has 0 saturated carbocycles. The first-order valence-electron chi connectivity index (χ1n) is 3.83. The lowest BCUT2D eigenvalue weighted by atomic mass is 9.84. The van der Waals surface area contributed by atoms with E-state index in [9.17, 15) is 4.79 Å². The lowest BCUT2D eigenvalue weighted by molar-refractivity contribution is -0.120. The Morgan fingerprint density at radius 3 is 2.60 bits per heavy atom. The van der Waals surface area contributed by atoms with Crippen LogP contribution >= 0.6 is 0 Å². The van der Waals surface area contributed by atoms with E-state index in [4.69, 9.17) is 0 Å². The smallest absolute Gasteiger partial charge is 0.209 e. The normalized spacial score (nSPS) is 24.4. The van der Waals surface area contributed by atoms with Crippen LogP contribution in [0.3, 0.4) is 0 Å². The molecule has 0 aromatic heterocycles. The van der Waals surface area contributed by atoms with Gasteiger partial charge in [-0.25, -0.2) is 0 Å². The molecule has 1 fully saturated rings. The van der Waals surface area contributed by atoms with Crippen LogP contribution in [0.4, 0.5) is 0 Å². The van der Waals surface area contributed by atoms with Gasteiger partial charge in [-0.05, 0) is 18.3 Å². The number of nitrogens with zero attached hydrogens (tertiary/aromatic N) is 1. The molecule has 58 valence electrons. The van der Waals surface area contributed by atoms with Gasteiger partial charge in [0.25, 0.3) is 0 Å². The number of carbonyl (C=O) groups excluding carboxylic acids is 1. The number of likely N-dealkylation sites (tertiary alicyclic amines) is 1. The minimum atomic E-state index is 0.346. The van der Waals surface area contributed by atoms with Crippen molar-refractivity contribution in [3.8, 4) is 0 Å². The van der Waals surface area contributed by atoms with Gasteiger partial charge in [-0.3, -0.25) is 4.79 Å². The van der Waals surface area contributed by atoms with Gasteiger partial charge >= 0.3 is 0 Å². The van der Waals surface area contributed by atoms with Crippen molar-refractivity contribution in [1.82, 2.24) is 4.90 Å². The first kappa shape index (κ1) is 7.58. The van der Waals surface area contributed by atoms with Crippen molar-refractivity contribution in [1.29, 1.82) is 0 Å². The fourth-order valence-electron chi connectivity index (χ4n) is 1.56. The van der Waals surface area contributed by atoms with Crippen molar-refractivity contribution in [2.45, 2.75) is 26.7 Å². The summed E-state index contributed by atoms with van der Waals surface area (Å²) in [7, 11) is 0. The van der Waals surface area contributed by atoms with Crippen molar-refractivity contribution < 1.29 is 4.79 Å². The lowest BCUT2D eigenvalue weighted by Crippen LogP contribution is -2.38. The Balaban J connectivity index is 2.47. The van der Waals surface area contributed by atoms with Crippen LogP contribution in [0.2, 0.25) is 0 Å². The Morgan fingerprint density at radius 1 is 1.50 bits per heavy atom. The second-order valence-corrected chi connectivity index (χ2v) is 3.84. The van der Waals surface area contributed by atoms with Gasteiger partial charge in [-0.2, -0.15) is 0 Å². The third kappa shape index (κ3) is 1.72. The summed E-state index contributed by atoms with van der Waals surface area (Å²) in [6, 6.07) is 0. The molecule has 0 atom stereocenters. The van der Waals surface area contributed by atoms with Crippen molar-refractivity contribution in [3.63, 3.8) is 0 Å². The summed E-state index contributed by atoms with van der Waals surface area (Å²) in [5.74, 6) is 0. The molecular weight excluding hydrogens is 126 g/mol. The first-order chi connectivity index (χ1) is 4.64. The monoisotopic (exact) mass is 141 g/mol. The highest BCUT2D eigenvalue weighted by Gasteiger charge is 2.24. The molecule has 0 aromatic rings. The van der Waals surface area contributed by atoms with Crippen LogP contribution in [0.5, 0.6) is 0 Å². The lowest BCUT2D eigenvalue weighted by Gasteiger charge is -2.35. The fourth-order valence-corrected chi connectivity index (χ4v) is 1.56. The molecule has 1 saturated heterocycles. The van der Waals surface area contributed by atoms with Crippen LogP contribution in [0.1, 0.15) is 26.7 Å². The molecular formula is C8H15NO. The zero-order chi connectivity index (χ0) is 7.61. The Morgan fingerprint density at radius 2 is 2.20 bits per heavy atom. The second-order valence-electron chi connectivity index (χ2n) is 3.84. The molecule has 0 N–H and O–H groups in total. The van der Waals surface area contributed by atoms with Crippen LogP contribution in [0.25, 0.3) is 0 Å². The zero-order valence-corrected chi connectivity index (χ0v) is 6.76. The molecule has 1 heterocycles. The summed E-state index contributed by atoms with van der Waals surface area (Å²) in [5, 5.41) is 0. The van der Waals surface area contributed by atoms with Crippen LogP contribution in [0.15, 0.2) is 0 Å². The summed E-state index contributed by atoms with van der Waals surface area (Å²) in [6.45, 7) is 6.30. The van der Waals surface area contributed by atoms with E-state index in [1.807, 2.05) is 4.90 Å². The molecule has 0 aliphatic carbocycles. The Kier molecular flexibility index (Phi) is 1.97. The number of carbonyl (C=O) groups is 1. The maximum absolute atomic E-state index is 10.4. The van der Waals surface area contributed by atoms with Gasteiger partial charge in [-0.1, -0.05) is 13.8 Å². The fraction of sp³-hybridized carbons (Fsp3) is 0.875. The molecule has 1 rings (SSSR count). The number of piperidine rings is 1. The average molecular weight is 141 g/mol. The number of rotatable bonds is 1. The summed E-state index contributed by atoms with van der Waals surface area (Å²) >= 11 is 0. The second kappa shape index (κ2) is 2.60. The van der Waals surface area contributed by atoms with Crippen LogP contribution in [-0.2, 0) is 4.79 Å². The van der Waals surface area contributed by atoms with E-state index in [-0.39, 0.29) is 0 Å². The van der Waals surface area contributed by atoms with E-state index in [2.05, 4.69) is 13.8 Å². The molecule has 1 amide bonds. The van der Waals surface area contributed by atoms with Gasteiger partial charge in [0, 0.05) is 13.1 Å². The minimum absolute atomic E-state index is 0.346. The standard InChI is InChI=1S/C8H15NO/c1-8(2)4-3-5-9(6-8)7-10/h7H,3-6H2,1-2H3. The number of hydrogen-bond donors (Lipinski definition) is 0. The summed E-state index contributed by atoms with van der Waals surface area (Å²) in [5.41, 5.74) is 0.346. The molecule has 0 unspecified atom stereocenters. The largest absolute Gasteiger partial charge is 0.345 e. The summed E-state index contributed by atoms with van der Waals surface area (Å²) in [4.78, 5) is 12.2. The van der Waals surface area contributed by atoms with E-state index in [0.717, 1.165) is 25.9 Å². The molecule has 0 spiro atoms. The predicted molar refractivity (Wildman–Crippen MR) is 40.7 cm³/mol. The Bertz CT molecular complexity index is 131. The molecule has 0 aromatic carbocycles. The Hall–Kier alpha value is -0.530. The van der Waals surface area contributed by atoms with Crippen molar-refractivity contribution in [2.24, 2.45) is 5.41 Å². The third-order valence-electron chi connectivity index (χ3n) is 2.08. The van der Waals surface area contributed by atoms with E-state index >= 15 is 0 Å². The van der Waals surface area contributed by atoms with Gasteiger partial charge in [0.15, 0.2) is 0 Å². The van der Waals surface area contributed by atoms with Crippen molar-refractivity contribution >= 4 is 6.41 Å². The molecule has 1 aliphatic heterocycles. The van der Waals surface area contributed by atoms with Crippen LogP contribution < -0.4 is 0 Å². The van der Waals surface area contributed by atoms with Crippen LogP contribution in [-0.4, -0.2) is 24.4 Å². The third-order valence-corrected chi connectivity index (χ3v) is 2.08. The Labute approximate surface area is 62.2 Å². The average Bonchev–Trinajstić information content (AvgIpc) is 1.86. The summed E-state index contributed by atoms with van der Waals surface area (Å²) < 4.78 is 0. The molecule has 0 radical (unpaired) electrons. The quantitative estimate of drug-likeness (QED) is 0.503. The minimum Gasteiger partial charge on any atom is -0.345 e. The molecule has 10 heavy (non-hydrogen) atoms. The van der Waals surface area contributed by atoms with Gasteiger partial charge in [0.05, 0.1) is 0 Å². The maximum atomic E-state index is 10.4. The van der Waals surface area contributed by atoms with Gasteiger partial charge < -0.3 is 4.90 Å². The van der Waals surface area contributed by atoms with Gasteiger partial charge in [-0.15, -0.1) is 0 Å². The van der Waals surface area contributed by atoms with E-state index in [0.29, 0.717) is 5.41 Å². The molecule has 2 heteroatoms. The van der Waals surface area contributed by atoms with E-state index < -0.39 is 0 Å². The van der Waals surface area contributed by atoms with Crippen molar-refractivity contribution in [2.75, 3.05) is 13.1 Å². The molecule has 0 bridgehead atoms. The SMILES string of the molecule is CC1(C)CCCN(C=O)C1. The van der Waals surface area contributed by atoms with Crippen LogP contribution in [0, 0.1) is 5.41 Å². The van der Waals surface area contributed by atoms with E-state index in [1.165, 1.54) is 6.42 Å². The topological polar surface area (TPSA) is 20.3 Å². The maximum Gasteiger partial charge on any atom is 0.209 e. The summed E-state index contributed by atoms with van der Waals surface area (Å²) in [6.07, 6.45) is 3.37. The van der Waals surface area contributed by atoms with Gasteiger partial charge in [0.1, 0.15) is 0 Å². The predicted octanol–water partition coefficient (Wildman–Crippen LogP) is 1.26.